The van der Waals surface area contributed by atoms with Gasteiger partial charge < -0.3 is 5.32 Å². The zero-order valence-electron chi connectivity index (χ0n) is 14.2. The van der Waals surface area contributed by atoms with E-state index in [0.717, 1.165) is 16.1 Å². The van der Waals surface area contributed by atoms with Crippen LogP contribution in [0.3, 0.4) is 0 Å². The molecule has 0 radical (unpaired) electrons. The lowest BCUT2D eigenvalue weighted by Crippen LogP contribution is -2.38. The number of carbonyl (C=O) groups is 1. The molecule has 0 atom stereocenters. The molecule has 7 heteroatoms. The number of hydrogen-bond donors (Lipinski definition) is 1. The Bertz CT molecular complexity index is 853. The Hall–Kier alpha value is -2.25. The van der Waals surface area contributed by atoms with Gasteiger partial charge in [-0.3, -0.25) is 4.79 Å². The molecule has 0 saturated carbocycles. The predicted molar refractivity (Wildman–Crippen MR) is 95.2 cm³/mol. The van der Waals surface area contributed by atoms with Gasteiger partial charge in [0.1, 0.15) is 5.82 Å². The molecule has 0 heterocycles. The quantitative estimate of drug-likeness (QED) is 0.820. The third-order valence-electron chi connectivity index (χ3n) is 3.81. The second-order valence-corrected chi connectivity index (χ2v) is 7.74. The average molecular weight is 364 g/mol. The van der Waals surface area contributed by atoms with E-state index in [0.29, 0.717) is 5.56 Å². The molecule has 2 rings (SSSR count). The fourth-order valence-corrected chi connectivity index (χ4v) is 3.19. The van der Waals surface area contributed by atoms with E-state index in [1.54, 1.807) is 30.3 Å². The van der Waals surface area contributed by atoms with Crippen LogP contribution in [0.4, 0.5) is 4.39 Å². The minimum absolute atomic E-state index is 0.0603. The maximum atomic E-state index is 13.8. The third kappa shape index (κ3) is 5.37. The van der Waals surface area contributed by atoms with Gasteiger partial charge in [0.25, 0.3) is 5.91 Å². The largest absolute Gasteiger partial charge is 0.351 e. The number of benzene rings is 2. The highest BCUT2D eigenvalue weighted by molar-refractivity contribution is 7.88. The maximum Gasteiger partial charge on any atom is 0.251 e. The van der Waals surface area contributed by atoms with E-state index in [1.807, 2.05) is 19.1 Å². The first kappa shape index (κ1) is 19.1. The number of aryl methyl sites for hydroxylation is 1. The molecule has 0 spiro atoms. The Balaban J connectivity index is 2.01. The van der Waals surface area contributed by atoms with Crippen LogP contribution in [0.1, 0.15) is 21.5 Å². The average Bonchev–Trinajstić information content (AvgIpc) is 2.55. The fraction of sp³-hybridized carbons (Fsp3) is 0.278. The summed E-state index contributed by atoms with van der Waals surface area (Å²) in [7, 11) is -3.54. The molecule has 0 aromatic heterocycles. The highest BCUT2D eigenvalue weighted by Gasteiger charge is 2.19. The molecule has 0 aliphatic heterocycles. The van der Waals surface area contributed by atoms with Crippen LogP contribution in [0.25, 0.3) is 0 Å². The summed E-state index contributed by atoms with van der Waals surface area (Å²) in [6, 6.07) is 13.2. The molecule has 0 unspecified atom stereocenters. The molecule has 5 nitrogen and oxygen atoms in total. The Morgan fingerprint density at radius 1 is 1.12 bits per heavy atom. The van der Waals surface area contributed by atoms with Gasteiger partial charge >= 0.3 is 0 Å². The zero-order chi connectivity index (χ0) is 18.4. The minimum Gasteiger partial charge on any atom is -0.351 e. The van der Waals surface area contributed by atoms with E-state index in [-0.39, 0.29) is 31.1 Å². The number of nitrogens with one attached hydrogen (secondary N) is 1. The third-order valence-corrected chi connectivity index (χ3v) is 5.06. The highest BCUT2D eigenvalue weighted by Crippen LogP contribution is 2.12. The van der Waals surface area contributed by atoms with Crippen molar-refractivity contribution in [3.63, 3.8) is 0 Å². The van der Waals surface area contributed by atoms with Crippen LogP contribution in [-0.2, 0) is 16.6 Å². The summed E-state index contributed by atoms with van der Waals surface area (Å²) < 4.78 is 38.8. The van der Waals surface area contributed by atoms with Crippen molar-refractivity contribution >= 4 is 15.9 Å². The summed E-state index contributed by atoms with van der Waals surface area (Å²) in [5.74, 6) is -0.725. The first-order valence-corrected chi connectivity index (χ1v) is 9.66. The smallest absolute Gasteiger partial charge is 0.251 e. The molecule has 0 aliphatic carbocycles. The van der Waals surface area contributed by atoms with E-state index in [1.165, 1.54) is 6.07 Å². The first-order valence-electron chi connectivity index (χ1n) is 7.81. The Labute approximate surface area is 147 Å². The van der Waals surface area contributed by atoms with Crippen molar-refractivity contribution < 1.29 is 17.6 Å². The number of carbonyl (C=O) groups excluding carboxylic acids is 1. The molecule has 2 aromatic carbocycles. The number of hydrogen-bond acceptors (Lipinski definition) is 3. The molecule has 134 valence electrons. The van der Waals surface area contributed by atoms with E-state index in [4.69, 9.17) is 0 Å². The Morgan fingerprint density at radius 2 is 1.76 bits per heavy atom. The molecule has 2 aromatic rings. The predicted octanol–water partition coefficient (Wildman–Crippen LogP) is 2.33. The van der Waals surface area contributed by atoms with Crippen LogP contribution in [0, 0.1) is 12.7 Å². The van der Waals surface area contributed by atoms with E-state index >= 15 is 0 Å². The summed E-state index contributed by atoms with van der Waals surface area (Å²) in [5.41, 5.74) is 1.67. The molecule has 0 fully saturated rings. The van der Waals surface area contributed by atoms with E-state index in [2.05, 4.69) is 5.32 Å². The molecule has 0 saturated heterocycles. The standard InChI is InChI=1S/C18H21FN2O3S/c1-14-7-3-5-9-16(14)18(22)20-11-12-21(25(2,23)24)13-15-8-4-6-10-17(15)19/h3-10H,11-13H2,1-2H3,(H,20,22). The number of halogens is 1. The van der Waals surface area contributed by atoms with Crippen molar-refractivity contribution in [3.05, 3.63) is 71.0 Å². The topological polar surface area (TPSA) is 66.5 Å². The van der Waals surface area contributed by atoms with Gasteiger partial charge in [-0.2, -0.15) is 4.31 Å². The molecule has 25 heavy (non-hydrogen) atoms. The van der Waals surface area contributed by atoms with E-state index in [9.17, 15) is 17.6 Å². The summed E-state index contributed by atoms with van der Waals surface area (Å²) in [4.78, 5) is 12.2. The van der Waals surface area contributed by atoms with Gasteiger partial charge in [-0.25, -0.2) is 12.8 Å². The first-order chi connectivity index (χ1) is 11.8. The van der Waals surface area contributed by atoms with E-state index < -0.39 is 15.8 Å². The lowest BCUT2D eigenvalue weighted by atomic mass is 10.1. The number of sulfonamides is 1. The Morgan fingerprint density at radius 3 is 2.40 bits per heavy atom. The lowest BCUT2D eigenvalue weighted by molar-refractivity contribution is 0.0951. The van der Waals surface area contributed by atoms with Crippen LogP contribution >= 0.6 is 0 Å². The zero-order valence-corrected chi connectivity index (χ0v) is 15.0. The van der Waals surface area contributed by atoms with Crippen molar-refractivity contribution in [3.8, 4) is 0 Å². The Kier molecular flexibility index (Phi) is 6.27. The van der Waals surface area contributed by atoms with Crippen LogP contribution in [0.2, 0.25) is 0 Å². The number of amides is 1. The summed E-state index contributed by atoms with van der Waals surface area (Å²) in [6.07, 6.45) is 1.07. The fourth-order valence-electron chi connectivity index (χ4n) is 2.40. The number of rotatable bonds is 7. The molecule has 1 amide bonds. The van der Waals surface area contributed by atoms with Crippen LogP contribution < -0.4 is 5.32 Å². The summed E-state index contributed by atoms with van der Waals surface area (Å²) >= 11 is 0. The van der Waals surface area contributed by atoms with Crippen molar-refractivity contribution in [2.45, 2.75) is 13.5 Å². The van der Waals surface area contributed by atoms with Crippen molar-refractivity contribution in [1.82, 2.24) is 9.62 Å². The van der Waals surface area contributed by atoms with Gasteiger partial charge in [0, 0.05) is 30.8 Å². The second kappa shape index (κ2) is 8.22. The lowest BCUT2D eigenvalue weighted by Gasteiger charge is -2.20. The number of nitrogens with zero attached hydrogens (tertiary/aromatic N) is 1. The highest BCUT2D eigenvalue weighted by atomic mass is 32.2. The van der Waals surface area contributed by atoms with Gasteiger partial charge in [0.2, 0.25) is 10.0 Å². The van der Waals surface area contributed by atoms with Gasteiger partial charge in [-0.15, -0.1) is 0 Å². The van der Waals surface area contributed by atoms with Crippen molar-refractivity contribution in [2.24, 2.45) is 0 Å². The molecular formula is C18H21FN2O3S. The molecule has 0 aliphatic rings. The summed E-state index contributed by atoms with van der Waals surface area (Å²) in [5, 5.41) is 2.70. The summed E-state index contributed by atoms with van der Waals surface area (Å²) in [6.45, 7) is 1.95. The normalized spacial score (nSPS) is 11.5. The van der Waals surface area contributed by atoms with Crippen LogP contribution in [0.15, 0.2) is 48.5 Å². The van der Waals surface area contributed by atoms with Gasteiger partial charge in [-0.1, -0.05) is 36.4 Å². The maximum absolute atomic E-state index is 13.8. The van der Waals surface area contributed by atoms with Crippen molar-refractivity contribution in [1.29, 1.82) is 0 Å². The van der Waals surface area contributed by atoms with Crippen LogP contribution in [-0.4, -0.2) is 38.0 Å². The minimum atomic E-state index is -3.54. The second-order valence-electron chi connectivity index (χ2n) is 5.76. The van der Waals surface area contributed by atoms with Crippen molar-refractivity contribution in [2.75, 3.05) is 19.3 Å². The van der Waals surface area contributed by atoms with Crippen LogP contribution in [0.5, 0.6) is 0 Å². The van der Waals surface area contributed by atoms with Gasteiger partial charge in [0.15, 0.2) is 0 Å². The monoisotopic (exact) mass is 364 g/mol. The molecular weight excluding hydrogens is 343 g/mol. The van der Waals surface area contributed by atoms with Gasteiger partial charge in [0.05, 0.1) is 6.26 Å². The van der Waals surface area contributed by atoms with Gasteiger partial charge in [-0.05, 0) is 24.6 Å². The molecule has 1 N–H and O–H groups in total. The SMILES string of the molecule is Cc1ccccc1C(=O)NCCN(Cc1ccccc1F)S(C)(=O)=O. The molecule has 0 bridgehead atoms.